The van der Waals surface area contributed by atoms with Gasteiger partial charge < -0.3 is 14.6 Å². The molecular weight excluding hydrogens is 312 g/mol. The third-order valence-electron chi connectivity index (χ3n) is 4.85. The predicted octanol–water partition coefficient (Wildman–Crippen LogP) is 2.91. The molecule has 0 saturated heterocycles. The van der Waals surface area contributed by atoms with Gasteiger partial charge in [0.25, 0.3) is 0 Å². The predicted molar refractivity (Wildman–Crippen MR) is 99.5 cm³/mol. The largest absolute Gasteiger partial charge is 0.349 e. The summed E-state index contributed by atoms with van der Waals surface area (Å²) in [5.74, 6) is 0. The average molecular weight is 330 g/mol. The van der Waals surface area contributed by atoms with E-state index in [0.29, 0.717) is 0 Å². The summed E-state index contributed by atoms with van der Waals surface area (Å²) < 4.78 is 2.12. The van der Waals surface area contributed by atoms with Crippen LogP contribution in [0.15, 0.2) is 49.3 Å². The van der Waals surface area contributed by atoms with Crippen LogP contribution in [0.3, 0.4) is 0 Å². The second kappa shape index (κ2) is 5.19. The van der Waals surface area contributed by atoms with Crippen molar-refractivity contribution >= 4 is 27.5 Å². The summed E-state index contributed by atoms with van der Waals surface area (Å²) in [4.78, 5) is 12.2. The monoisotopic (exact) mass is 330 g/mol. The number of hydrazine groups is 1. The third kappa shape index (κ3) is 2.15. The highest BCUT2D eigenvalue weighted by Crippen LogP contribution is 2.35. The van der Waals surface area contributed by atoms with E-state index >= 15 is 0 Å². The van der Waals surface area contributed by atoms with Crippen molar-refractivity contribution in [1.82, 2.24) is 30.0 Å². The van der Waals surface area contributed by atoms with Gasteiger partial charge in [-0.15, -0.1) is 0 Å². The van der Waals surface area contributed by atoms with Gasteiger partial charge in [0.2, 0.25) is 0 Å². The van der Waals surface area contributed by atoms with Gasteiger partial charge in [-0.05, 0) is 23.3 Å². The summed E-state index contributed by atoms with van der Waals surface area (Å²) in [5, 5.41) is 4.32. The van der Waals surface area contributed by atoms with E-state index in [9.17, 15) is 0 Å². The maximum Gasteiger partial charge on any atom is 0.137 e. The maximum atomic E-state index is 4.62. The Morgan fingerprint density at radius 2 is 2.04 bits per heavy atom. The first-order valence-corrected chi connectivity index (χ1v) is 8.24. The standard InChI is InChI=1S/C19H18N6/c1-24-11-17(14-3-4-20-9-18(14)24)16-8-22-19-15(16)5-12(6-21-19)13-7-23-25(2)10-13/h3-6,8-11,23H,7H2,1-2H3,(H,21,22). The lowest BCUT2D eigenvalue weighted by molar-refractivity contribution is 0.374. The molecule has 2 N–H and O–H groups in total. The van der Waals surface area contributed by atoms with Crippen LogP contribution < -0.4 is 5.43 Å². The number of aromatic nitrogens is 4. The van der Waals surface area contributed by atoms with Crippen molar-refractivity contribution in [3.05, 3.63) is 54.9 Å². The van der Waals surface area contributed by atoms with Crippen LogP contribution in [-0.4, -0.2) is 38.1 Å². The lowest BCUT2D eigenvalue weighted by Gasteiger charge is -2.04. The number of hydrogen-bond donors (Lipinski definition) is 2. The van der Waals surface area contributed by atoms with Crippen molar-refractivity contribution < 1.29 is 0 Å². The molecule has 0 aliphatic carbocycles. The Morgan fingerprint density at radius 3 is 2.88 bits per heavy atom. The van der Waals surface area contributed by atoms with Crippen molar-refractivity contribution in [2.24, 2.45) is 7.05 Å². The summed E-state index contributed by atoms with van der Waals surface area (Å²) in [5.41, 5.74) is 10.1. The number of hydrogen-bond acceptors (Lipinski definition) is 4. The van der Waals surface area contributed by atoms with E-state index in [4.69, 9.17) is 0 Å². The minimum absolute atomic E-state index is 0.823. The highest BCUT2D eigenvalue weighted by atomic mass is 15.5. The Bertz CT molecular complexity index is 1130. The molecule has 0 saturated carbocycles. The fourth-order valence-corrected chi connectivity index (χ4v) is 3.56. The molecule has 0 spiro atoms. The SMILES string of the molecule is CN1C=C(c2cnc3[nH]cc(-c4cn(C)c5cnccc45)c3c2)CN1. The van der Waals surface area contributed by atoms with Crippen LogP contribution in [0.25, 0.3) is 38.6 Å². The number of fused-ring (bicyclic) bond motifs is 2. The molecule has 6 heteroatoms. The van der Waals surface area contributed by atoms with Crippen LogP contribution in [0, 0.1) is 0 Å². The molecule has 0 bridgehead atoms. The quantitative estimate of drug-likeness (QED) is 0.593. The van der Waals surface area contributed by atoms with E-state index in [0.717, 1.165) is 28.7 Å². The van der Waals surface area contributed by atoms with Crippen molar-refractivity contribution in [2.75, 3.05) is 13.6 Å². The molecule has 4 aromatic rings. The van der Waals surface area contributed by atoms with Crippen molar-refractivity contribution in [3.8, 4) is 11.1 Å². The minimum atomic E-state index is 0.823. The van der Waals surface area contributed by atoms with Gasteiger partial charge in [-0.1, -0.05) is 0 Å². The molecule has 1 aliphatic heterocycles. The van der Waals surface area contributed by atoms with Crippen LogP contribution in [0.2, 0.25) is 0 Å². The lowest BCUT2D eigenvalue weighted by atomic mass is 10.0. The summed E-state index contributed by atoms with van der Waals surface area (Å²) in [6.45, 7) is 0.823. The lowest BCUT2D eigenvalue weighted by Crippen LogP contribution is -2.23. The zero-order valence-corrected chi connectivity index (χ0v) is 14.1. The van der Waals surface area contributed by atoms with E-state index < -0.39 is 0 Å². The highest BCUT2D eigenvalue weighted by Gasteiger charge is 2.16. The number of pyridine rings is 2. The number of nitrogens with zero attached hydrogens (tertiary/aromatic N) is 4. The summed E-state index contributed by atoms with van der Waals surface area (Å²) in [6.07, 6.45) is 12.0. The molecule has 0 amide bonds. The smallest absolute Gasteiger partial charge is 0.137 e. The molecule has 6 nitrogen and oxygen atoms in total. The molecule has 1 aliphatic rings. The number of aromatic amines is 1. The van der Waals surface area contributed by atoms with Gasteiger partial charge in [0.05, 0.1) is 11.7 Å². The van der Waals surface area contributed by atoms with Crippen LogP contribution in [0.1, 0.15) is 5.56 Å². The second-order valence-electron chi connectivity index (χ2n) is 6.47. The topological polar surface area (TPSA) is 61.8 Å². The Kier molecular flexibility index (Phi) is 2.96. The number of H-pyrrole nitrogens is 1. The normalized spacial score (nSPS) is 14.6. The molecule has 0 aromatic carbocycles. The zero-order chi connectivity index (χ0) is 17.0. The van der Waals surface area contributed by atoms with Gasteiger partial charge in [-0.2, -0.15) is 0 Å². The van der Waals surface area contributed by atoms with Gasteiger partial charge in [-0.3, -0.25) is 4.98 Å². The van der Waals surface area contributed by atoms with Gasteiger partial charge in [0.15, 0.2) is 0 Å². The zero-order valence-electron chi connectivity index (χ0n) is 14.1. The Balaban J connectivity index is 1.72. The van der Waals surface area contributed by atoms with Crippen molar-refractivity contribution in [1.29, 1.82) is 0 Å². The van der Waals surface area contributed by atoms with E-state index in [-0.39, 0.29) is 0 Å². The van der Waals surface area contributed by atoms with Gasteiger partial charge in [-0.25, -0.2) is 10.4 Å². The molecule has 4 aromatic heterocycles. The molecular formula is C19H18N6. The van der Waals surface area contributed by atoms with E-state index in [1.807, 2.05) is 36.8 Å². The first-order chi connectivity index (χ1) is 12.2. The Morgan fingerprint density at radius 1 is 1.12 bits per heavy atom. The molecule has 124 valence electrons. The van der Waals surface area contributed by atoms with Gasteiger partial charge in [0, 0.05) is 73.5 Å². The third-order valence-corrected chi connectivity index (χ3v) is 4.85. The molecule has 25 heavy (non-hydrogen) atoms. The number of rotatable bonds is 2. The highest BCUT2D eigenvalue weighted by molar-refractivity contribution is 6.04. The summed E-state index contributed by atoms with van der Waals surface area (Å²) in [7, 11) is 4.06. The summed E-state index contributed by atoms with van der Waals surface area (Å²) >= 11 is 0. The Hall–Kier alpha value is -3.12. The van der Waals surface area contributed by atoms with Crippen LogP contribution in [0.5, 0.6) is 0 Å². The first kappa shape index (κ1) is 14.2. The summed E-state index contributed by atoms with van der Waals surface area (Å²) in [6, 6.07) is 4.29. The van der Waals surface area contributed by atoms with Crippen LogP contribution in [0.4, 0.5) is 0 Å². The minimum Gasteiger partial charge on any atom is -0.349 e. The fourth-order valence-electron chi connectivity index (χ4n) is 3.56. The molecule has 0 unspecified atom stereocenters. The maximum absolute atomic E-state index is 4.62. The average Bonchev–Trinajstić information content (AvgIpc) is 3.32. The molecule has 5 heterocycles. The second-order valence-corrected chi connectivity index (χ2v) is 6.47. The molecule has 0 fully saturated rings. The number of nitrogens with one attached hydrogen (secondary N) is 2. The van der Waals surface area contributed by atoms with Crippen molar-refractivity contribution in [2.45, 2.75) is 0 Å². The van der Waals surface area contributed by atoms with Crippen molar-refractivity contribution in [3.63, 3.8) is 0 Å². The Labute approximate surface area is 144 Å². The van der Waals surface area contributed by atoms with Crippen LogP contribution >= 0.6 is 0 Å². The van der Waals surface area contributed by atoms with E-state index in [2.05, 4.69) is 56.5 Å². The van der Waals surface area contributed by atoms with Crippen LogP contribution in [-0.2, 0) is 7.05 Å². The van der Waals surface area contributed by atoms with Gasteiger partial charge >= 0.3 is 0 Å². The fraction of sp³-hybridized carbons (Fsp3) is 0.158. The van der Waals surface area contributed by atoms with Gasteiger partial charge in [0.1, 0.15) is 5.65 Å². The molecule has 5 rings (SSSR count). The molecule has 0 atom stereocenters. The van der Waals surface area contributed by atoms with E-state index in [1.54, 1.807) is 0 Å². The van der Waals surface area contributed by atoms with E-state index in [1.165, 1.54) is 22.1 Å². The first-order valence-electron chi connectivity index (χ1n) is 8.24. The number of aryl methyl sites for hydroxylation is 1. The molecule has 0 radical (unpaired) electrons.